The molecule has 0 aliphatic rings. The van der Waals surface area contributed by atoms with Crippen LogP contribution in [0.3, 0.4) is 0 Å². The van der Waals surface area contributed by atoms with Gasteiger partial charge in [-0.3, -0.25) is 0 Å². The van der Waals surface area contributed by atoms with Crippen molar-refractivity contribution in [3.8, 4) is 22.6 Å². The minimum Gasteiger partial charge on any atom is -0.457 e. The van der Waals surface area contributed by atoms with Crippen molar-refractivity contribution in [3.63, 3.8) is 0 Å². The first kappa shape index (κ1) is 28.7. The molecule has 0 aromatic heterocycles. The second-order valence-corrected chi connectivity index (χ2v) is 8.83. The average Bonchev–Trinajstić information content (AvgIpc) is 2.96. The van der Waals surface area contributed by atoms with Gasteiger partial charge in [0.15, 0.2) is 0 Å². The minimum absolute atomic E-state index is 0.00129. The zero-order chi connectivity index (χ0) is 29.5. The van der Waals surface area contributed by atoms with Crippen LogP contribution in [0, 0.1) is 11.6 Å². The molecule has 4 aromatic carbocycles. The smallest absolute Gasteiger partial charge is 0.343 e. The molecule has 208 valence electrons. The van der Waals surface area contributed by atoms with Gasteiger partial charge in [-0.15, -0.1) is 0 Å². The molecule has 4 aromatic rings. The van der Waals surface area contributed by atoms with E-state index in [4.69, 9.17) is 18.9 Å². The quantitative estimate of drug-likeness (QED) is 0.0928. The van der Waals surface area contributed by atoms with Gasteiger partial charge >= 0.3 is 17.9 Å². The van der Waals surface area contributed by atoms with Gasteiger partial charge in [0.05, 0.1) is 11.1 Å². The SMILES string of the molecule is C=CC(=O)OCOc1ccc(C(=O)Oc2ccc3c(F)c(-c4ccc(COC(=O)C(=C)C)cc4)c(F)cc3c2)cc1. The number of hydrogen-bond donors (Lipinski definition) is 0. The molecule has 4 rings (SSSR count). The fraction of sp³-hybridized carbons (Fsp3) is 0.0938. The molecule has 0 spiro atoms. The number of ether oxygens (including phenoxy) is 4. The number of esters is 3. The van der Waals surface area contributed by atoms with Crippen molar-refractivity contribution < 1.29 is 42.1 Å². The Kier molecular flexibility index (Phi) is 8.88. The molecule has 0 atom stereocenters. The highest BCUT2D eigenvalue weighted by Gasteiger charge is 2.17. The van der Waals surface area contributed by atoms with Gasteiger partial charge < -0.3 is 18.9 Å². The Balaban J connectivity index is 1.46. The molecule has 0 aliphatic heterocycles. The third kappa shape index (κ3) is 7.02. The maximum absolute atomic E-state index is 15.4. The normalized spacial score (nSPS) is 10.5. The largest absolute Gasteiger partial charge is 0.457 e. The Labute approximate surface area is 234 Å². The van der Waals surface area contributed by atoms with Crippen molar-refractivity contribution in [1.29, 1.82) is 0 Å². The topological polar surface area (TPSA) is 88.1 Å². The van der Waals surface area contributed by atoms with E-state index in [1.54, 1.807) is 12.1 Å². The number of carbonyl (C=O) groups excluding carboxylic acids is 3. The van der Waals surface area contributed by atoms with Gasteiger partial charge in [0, 0.05) is 17.0 Å². The number of halogens is 2. The lowest BCUT2D eigenvalue weighted by Crippen LogP contribution is -2.09. The molecule has 0 unspecified atom stereocenters. The highest BCUT2D eigenvalue weighted by atomic mass is 19.1. The summed E-state index contributed by atoms with van der Waals surface area (Å²) in [6.07, 6.45) is 1.00. The van der Waals surface area contributed by atoms with Crippen LogP contribution in [0.15, 0.2) is 97.6 Å². The van der Waals surface area contributed by atoms with Gasteiger partial charge in [-0.2, -0.15) is 0 Å². The monoisotopic (exact) mass is 558 g/mol. The maximum Gasteiger partial charge on any atom is 0.343 e. The van der Waals surface area contributed by atoms with Crippen LogP contribution in [0.5, 0.6) is 11.5 Å². The summed E-state index contributed by atoms with van der Waals surface area (Å²) in [6, 6.07) is 17.6. The summed E-state index contributed by atoms with van der Waals surface area (Å²) in [4.78, 5) is 35.2. The van der Waals surface area contributed by atoms with E-state index in [1.807, 2.05) is 0 Å². The van der Waals surface area contributed by atoms with Crippen LogP contribution in [-0.2, 0) is 25.7 Å². The van der Waals surface area contributed by atoms with E-state index >= 15 is 8.78 Å². The number of fused-ring (bicyclic) bond motifs is 1. The standard InChI is InChI=1S/C32H24F2O7/c1-4-28(35)40-18-39-24-11-9-22(10-12-24)32(37)41-25-13-14-26-23(15-25)16-27(33)29(30(26)34)21-7-5-20(6-8-21)17-38-31(36)19(2)3/h4-16H,1-2,17-18H2,3H3. The van der Waals surface area contributed by atoms with E-state index < -0.39 is 29.5 Å². The summed E-state index contributed by atoms with van der Waals surface area (Å²) in [7, 11) is 0. The third-order valence-electron chi connectivity index (χ3n) is 5.86. The van der Waals surface area contributed by atoms with Crippen molar-refractivity contribution in [2.45, 2.75) is 13.5 Å². The van der Waals surface area contributed by atoms with Crippen LogP contribution in [0.1, 0.15) is 22.8 Å². The van der Waals surface area contributed by atoms with Crippen LogP contribution in [0.4, 0.5) is 8.78 Å². The fourth-order valence-corrected chi connectivity index (χ4v) is 3.74. The molecule has 41 heavy (non-hydrogen) atoms. The number of benzene rings is 4. The molecule has 7 nitrogen and oxygen atoms in total. The molecule has 0 saturated heterocycles. The first-order valence-corrected chi connectivity index (χ1v) is 12.2. The number of carbonyl (C=O) groups is 3. The summed E-state index contributed by atoms with van der Waals surface area (Å²) in [5.74, 6) is -2.97. The molecular formula is C32H24F2O7. The molecule has 0 bridgehead atoms. The molecular weight excluding hydrogens is 534 g/mol. The van der Waals surface area contributed by atoms with Gasteiger partial charge in [0.2, 0.25) is 6.79 Å². The maximum atomic E-state index is 15.4. The summed E-state index contributed by atoms with van der Waals surface area (Å²) >= 11 is 0. The first-order chi connectivity index (χ1) is 19.7. The van der Waals surface area contributed by atoms with Gasteiger partial charge in [0.1, 0.15) is 29.7 Å². The Bertz CT molecular complexity index is 1640. The lowest BCUT2D eigenvalue weighted by Gasteiger charge is -2.11. The summed E-state index contributed by atoms with van der Waals surface area (Å²) in [5, 5.41) is 0.342. The van der Waals surface area contributed by atoms with Crippen LogP contribution in [0.2, 0.25) is 0 Å². The van der Waals surface area contributed by atoms with E-state index in [2.05, 4.69) is 13.2 Å². The number of hydrogen-bond acceptors (Lipinski definition) is 7. The van der Waals surface area contributed by atoms with E-state index in [9.17, 15) is 14.4 Å². The van der Waals surface area contributed by atoms with Crippen molar-refractivity contribution in [2.75, 3.05) is 6.79 Å². The summed E-state index contributed by atoms with van der Waals surface area (Å²) < 4.78 is 51.0. The highest BCUT2D eigenvalue weighted by Crippen LogP contribution is 2.34. The molecule has 0 aliphatic carbocycles. The summed E-state index contributed by atoms with van der Waals surface area (Å²) in [6.45, 7) is 8.01. The average molecular weight is 559 g/mol. The molecule has 0 saturated carbocycles. The van der Waals surface area contributed by atoms with Crippen LogP contribution < -0.4 is 9.47 Å². The van der Waals surface area contributed by atoms with Crippen molar-refractivity contribution in [3.05, 3.63) is 120 Å². The minimum atomic E-state index is -0.797. The number of rotatable bonds is 10. The van der Waals surface area contributed by atoms with Crippen LogP contribution in [0.25, 0.3) is 21.9 Å². The molecule has 0 N–H and O–H groups in total. The van der Waals surface area contributed by atoms with Crippen molar-refractivity contribution in [1.82, 2.24) is 0 Å². The van der Waals surface area contributed by atoms with Crippen molar-refractivity contribution >= 4 is 28.7 Å². The fourth-order valence-electron chi connectivity index (χ4n) is 3.74. The molecule has 0 fully saturated rings. The van der Waals surface area contributed by atoms with E-state index in [-0.39, 0.29) is 46.6 Å². The Morgan fingerprint density at radius 1 is 0.878 bits per heavy atom. The molecule has 0 amide bonds. The van der Waals surface area contributed by atoms with Crippen LogP contribution >= 0.6 is 0 Å². The van der Waals surface area contributed by atoms with Gasteiger partial charge in [-0.1, -0.05) is 37.4 Å². The third-order valence-corrected chi connectivity index (χ3v) is 5.86. The zero-order valence-electron chi connectivity index (χ0n) is 21.9. The molecule has 9 heteroatoms. The second-order valence-electron chi connectivity index (χ2n) is 8.83. The van der Waals surface area contributed by atoms with Gasteiger partial charge in [-0.05, 0) is 72.0 Å². The van der Waals surface area contributed by atoms with E-state index in [0.717, 1.165) is 6.08 Å². The predicted molar refractivity (Wildman–Crippen MR) is 147 cm³/mol. The lowest BCUT2D eigenvalue weighted by molar-refractivity contribution is -0.144. The zero-order valence-corrected chi connectivity index (χ0v) is 21.9. The summed E-state index contributed by atoms with van der Waals surface area (Å²) in [5.41, 5.74) is 1.21. The predicted octanol–water partition coefficient (Wildman–Crippen LogP) is 6.69. The van der Waals surface area contributed by atoms with E-state index in [0.29, 0.717) is 16.9 Å². The molecule has 0 heterocycles. The van der Waals surface area contributed by atoms with Crippen molar-refractivity contribution in [2.24, 2.45) is 0 Å². The second kappa shape index (κ2) is 12.7. The van der Waals surface area contributed by atoms with E-state index in [1.165, 1.54) is 67.6 Å². The molecule has 0 radical (unpaired) electrons. The van der Waals surface area contributed by atoms with Gasteiger partial charge in [-0.25, -0.2) is 23.2 Å². The van der Waals surface area contributed by atoms with Crippen LogP contribution in [-0.4, -0.2) is 24.7 Å². The Morgan fingerprint density at radius 3 is 2.22 bits per heavy atom. The Morgan fingerprint density at radius 2 is 1.56 bits per heavy atom. The Hall–Kier alpha value is -5.31. The van der Waals surface area contributed by atoms with Gasteiger partial charge in [0.25, 0.3) is 0 Å². The lowest BCUT2D eigenvalue weighted by atomic mass is 9.98. The highest BCUT2D eigenvalue weighted by molar-refractivity contribution is 5.93. The first-order valence-electron chi connectivity index (χ1n) is 12.2.